The number of ketones is 1. The van der Waals surface area contributed by atoms with Crippen molar-refractivity contribution in [2.24, 2.45) is 40.4 Å². The van der Waals surface area contributed by atoms with Gasteiger partial charge in [0.25, 0.3) is 0 Å². The minimum absolute atomic E-state index is 0.000163. The van der Waals surface area contributed by atoms with Crippen molar-refractivity contribution < 1.29 is 20.1 Å². The highest BCUT2D eigenvalue weighted by molar-refractivity contribution is 5.87. The van der Waals surface area contributed by atoms with Gasteiger partial charge in [-0.15, -0.1) is 0 Å². The van der Waals surface area contributed by atoms with Gasteiger partial charge in [0.2, 0.25) is 0 Å². The largest absolute Gasteiger partial charge is 0.393 e. The van der Waals surface area contributed by atoms with Gasteiger partial charge in [-0.05, 0) is 92.8 Å². The normalized spacial score (nSPS) is 46.5. The fourth-order valence-electron chi connectivity index (χ4n) is 8.34. The molecule has 3 fully saturated rings. The second-order valence-electron chi connectivity index (χ2n) is 12.5. The molecular formula is C27H44O4. The van der Waals surface area contributed by atoms with E-state index in [-0.39, 0.29) is 40.7 Å². The van der Waals surface area contributed by atoms with Crippen molar-refractivity contribution in [1.82, 2.24) is 0 Å². The highest BCUT2D eigenvalue weighted by atomic mass is 16.3. The van der Waals surface area contributed by atoms with Crippen LogP contribution in [0.15, 0.2) is 11.6 Å². The van der Waals surface area contributed by atoms with Crippen molar-refractivity contribution in [3.8, 4) is 0 Å². The van der Waals surface area contributed by atoms with Crippen LogP contribution in [0.4, 0.5) is 0 Å². The average Bonchev–Trinajstić information content (AvgIpc) is 3.05. The van der Waals surface area contributed by atoms with Crippen LogP contribution in [0, 0.1) is 40.4 Å². The van der Waals surface area contributed by atoms with E-state index >= 15 is 0 Å². The third-order valence-electron chi connectivity index (χ3n) is 10.2. The van der Waals surface area contributed by atoms with Gasteiger partial charge in [0.05, 0.1) is 12.2 Å². The van der Waals surface area contributed by atoms with E-state index < -0.39 is 5.60 Å². The number of carbonyl (C=O) groups is 1. The molecule has 3 N–H and O–H groups in total. The Morgan fingerprint density at radius 1 is 1.16 bits per heavy atom. The molecule has 0 saturated heterocycles. The number of rotatable bonds is 5. The van der Waals surface area contributed by atoms with Crippen molar-refractivity contribution in [2.45, 2.75) is 110 Å². The lowest BCUT2D eigenvalue weighted by Gasteiger charge is -2.58. The molecule has 0 aromatic heterocycles. The molecule has 0 aromatic carbocycles. The van der Waals surface area contributed by atoms with Gasteiger partial charge in [0.1, 0.15) is 5.60 Å². The van der Waals surface area contributed by atoms with E-state index in [4.69, 9.17) is 0 Å². The Balaban J connectivity index is 1.61. The van der Waals surface area contributed by atoms with E-state index in [1.807, 2.05) is 0 Å². The van der Waals surface area contributed by atoms with Crippen molar-refractivity contribution in [3.05, 3.63) is 11.6 Å². The van der Waals surface area contributed by atoms with Gasteiger partial charge in [0.15, 0.2) is 5.78 Å². The van der Waals surface area contributed by atoms with Crippen molar-refractivity contribution in [1.29, 1.82) is 0 Å². The van der Waals surface area contributed by atoms with Crippen LogP contribution >= 0.6 is 0 Å². The van der Waals surface area contributed by atoms with E-state index in [9.17, 15) is 20.1 Å². The molecule has 0 unspecified atom stereocenters. The lowest BCUT2D eigenvalue weighted by molar-refractivity contribution is -0.149. The van der Waals surface area contributed by atoms with Gasteiger partial charge in [-0.2, -0.15) is 0 Å². The number of Topliss-reactive ketones (excluding diaryl/α,β-unsaturated/α-hetero) is 1. The Morgan fingerprint density at radius 2 is 1.87 bits per heavy atom. The van der Waals surface area contributed by atoms with E-state index in [1.54, 1.807) is 6.92 Å². The average molecular weight is 433 g/mol. The van der Waals surface area contributed by atoms with Crippen LogP contribution in [0.3, 0.4) is 0 Å². The quantitative estimate of drug-likeness (QED) is 0.553. The first-order chi connectivity index (χ1) is 14.4. The minimum Gasteiger partial charge on any atom is -0.393 e. The predicted molar refractivity (Wildman–Crippen MR) is 122 cm³/mol. The summed E-state index contributed by atoms with van der Waals surface area (Å²) in [5, 5.41) is 32.8. The van der Waals surface area contributed by atoms with Gasteiger partial charge >= 0.3 is 0 Å². The fourth-order valence-corrected chi connectivity index (χ4v) is 8.34. The number of hydrogen-bond donors (Lipinski definition) is 3. The molecule has 176 valence electrons. The number of aliphatic hydroxyl groups excluding tert-OH is 2. The Hall–Kier alpha value is -0.710. The van der Waals surface area contributed by atoms with E-state index in [0.29, 0.717) is 30.6 Å². The Kier molecular flexibility index (Phi) is 6.02. The molecule has 0 spiro atoms. The summed E-state index contributed by atoms with van der Waals surface area (Å²) >= 11 is 0. The summed E-state index contributed by atoms with van der Waals surface area (Å²) in [6.07, 6.45) is 9.05. The third kappa shape index (κ3) is 3.65. The van der Waals surface area contributed by atoms with E-state index in [1.165, 1.54) is 5.57 Å². The molecule has 4 aliphatic rings. The number of carbonyl (C=O) groups excluding carboxylic acids is 1. The van der Waals surface area contributed by atoms with E-state index in [0.717, 1.165) is 44.9 Å². The molecule has 4 heteroatoms. The standard InChI is InChI=1S/C27H44O4/c1-16(2)6-9-24(30)27(5,31)23-8-7-19-18-15-22(29)21-14-17(28)10-12-25(21,3)20(18)11-13-26(19,23)4/h11,16-19,21-23,28-29,31H,6-10,12-15H2,1-5H3/t17-,18-,19-,21+,22-,23-,25+,26-,27+/m0/s1. The first-order valence-electron chi connectivity index (χ1n) is 12.7. The molecule has 31 heavy (non-hydrogen) atoms. The Labute approximate surface area is 188 Å². The smallest absolute Gasteiger partial charge is 0.164 e. The predicted octanol–water partition coefficient (Wildman–Crippen LogP) is 4.65. The molecule has 4 nitrogen and oxygen atoms in total. The number of aliphatic hydroxyl groups is 3. The van der Waals surface area contributed by atoms with E-state index in [2.05, 4.69) is 33.8 Å². The Morgan fingerprint density at radius 3 is 2.55 bits per heavy atom. The summed E-state index contributed by atoms with van der Waals surface area (Å²) in [7, 11) is 0. The van der Waals surface area contributed by atoms with Crippen LogP contribution in [-0.2, 0) is 4.79 Å². The van der Waals surface area contributed by atoms with Crippen molar-refractivity contribution in [2.75, 3.05) is 0 Å². The lowest BCUT2D eigenvalue weighted by Crippen LogP contribution is -2.55. The molecule has 0 bridgehead atoms. The fraction of sp³-hybridized carbons (Fsp3) is 0.889. The van der Waals surface area contributed by atoms with Crippen LogP contribution < -0.4 is 0 Å². The van der Waals surface area contributed by atoms with Crippen LogP contribution in [0.1, 0.15) is 92.4 Å². The highest BCUT2D eigenvalue weighted by Crippen LogP contribution is 2.66. The zero-order valence-corrected chi connectivity index (χ0v) is 20.2. The van der Waals surface area contributed by atoms with Crippen molar-refractivity contribution in [3.63, 3.8) is 0 Å². The SMILES string of the molecule is CC(C)CCC(=O)[C@](C)(O)[C@H]1CC[C@H]2[C@@H]3C[C@H](O)[C@H]4C[C@@H](O)CC[C@]4(C)C3=CC[C@@]21C. The topological polar surface area (TPSA) is 77.8 Å². The lowest BCUT2D eigenvalue weighted by atomic mass is 9.47. The van der Waals surface area contributed by atoms with Crippen molar-refractivity contribution >= 4 is 5.78 Å². The molecular weight excluding hydrogens is 388 g/mol. The molecule has 0 heterocycles. The first-order valence-corrected chi connectivity index (χ1v) is 12.7. The minimum atomic E-state index is -1.28. The monoisotopic (exact) mass is 432 g/mol. The summed E-state index contributed by atoms with van der Waals surface area (Å²) in [6, 6.07) is 0. The summed E-state index contributed by atoms with van der Waals surface area (Å²) in [4.78, 5) is 13.0. The highest BCUT2D eigenvalue weighted by Gasteiger charge is 2.62. The molecule has 0 amide bonds. The molecule has 0 aliphatic heterocycles. The van der Waals surface area contributed by atoms with Gasteiger partial charge < -0.3 is 15.3 Å². The molecule has 0 aromatic rings. The van der Waals surface area contributed by atoms with Crippen LogP contribution in [0.2, 0.25) is 0 Å². The number of hydrogen-bond acceptors (Lipinski definition) is 4. The van der Waals surface area contributed by atoms with Gasteiger partial charge in [-0.25, -0.2) is 0 Å². The summed E-state index contributed by atoms with van der Waals surface area (Å²) in [5.74, 6) is 1.30. The molecule has 4 rings (SSSR count). The maximum absolute atomic E-state index is 13.0. The zero-order valence-electron chi connectivity index (χ0n) is 20.2. The van der Waals surface area contributed by atoms with Gasteiger partial charge in [-0.3, -0.25) is 4.79 Å². The molecule has 9 atom stereocenters. The molecule has 3 saturated carbocycles. The Bertz CT molecular complexity index is 740. The first kappa shape index (κ1) is 23.4. The second kappa shape index (κ2) is 7.95. The molecule has 0 radical (unpaired) electrons. The zero-order chi connectivity index (χ0) is 22.8. The second-order valence-corrected chi connectivity index (χ2v) is 12.5. The molecule has 4 aliphatic carbocycles. The third-order valence-corrected chi connectivity index (χ3v) is 10.2. The summed E-state index contributed by atoms with van der Waals surface area (Å²) in [6.45, 7) is 10.6. The summed E-state index contributed by atoms with van der Waals surface area (Å²) in [5.41, 5.74) is 0.0839. The maximum atomic E-state index is 13.0. The number of fused-ring (bicyclic) bond motifs is 5. The van der Waals surface area contributed by atoms with Crippen LogP contribution in [-0.4, -0.2) is 38.9 Å². The van der Waals surface area contributed by atoms with Crippen LogP contribution in [0.5, 0.6) is 0 Å². The number of allylic oxidation sites excluding steroid dienone is 2. The van der Waals surface area contributed by atoms with Gasteiger partial charge in [-0.1, -0.05) is 39.3 Å². The van der Waals surface area contributed by atoms with Crippen LogP contribution in [0.25, 0.3) is 0 Å². The van der Waals surface area contributed by atoms with Gasteiger partial charge in [0, 0.05) is 12.3 Å². The maximum Gasteiger partial charge on any atom is 0.164 e. The summed E-state index contributed by atoms with van der Waals surface area (Å²) < 4.78 is 0.